The van der Waals surface area contributed by atoms with Crippen molar-refractivity contribution in [2.24, 2.45) is 0 Å². The molecule has 21 heavy (non-hydrogen) atoms. The van der Waals surface area contributed by atoms with E-state index >= 15 is 0 Å². The molecule has 0 unspecified atom stereocenters. The van der Waals surface area contributed by atoms with Crippen molar-refractivity contribution in [1.29, 1.82) is 0 Å². The lowest BCUT2D eigenvalue weighted by molar-refractivity contribution is 0.417. The first-order valence-corrected chi connectivity index (χ1v) is 6.60. The molecule has 0 bridgehead atoms. The van der Waals surface area contributed by atoms with Crippen molar-refractivity contribution in [3.05, 3.63) is 48.0 Å². The number of aryl methyl sites for hydroxylation is 1. The Labute approximate surface area is 122 Å². The van der Waals surface area contributed by atoms with Gasteiger partial charge in [0.1, 0.15) is 5.75 Å². The van der Waals surface area contributed by atoms with Gasteiger partial charge in [0.15, 0.2) is 11.6 Å². The van der Waals surface area contributed by atoms with Crippen LogP contribution in [-0.4, -0.2) is 22.3 Å². The van der Waals surface area contributed by atoms with Crippen molar-refractivity contribution in [2.75, 3.05) is 12.8 Å². The topological polar surface area (TPSA) is 76.8 Å². The van der Waals surface area contributed by atoms with E-state index in [0.717, 1.165) is 17.0 Å². The highest BCUT2D eigenvalue weighted by atomic mass is 16.5. The second-order valence-electron chi connectivity index (χ2n) is 4.83. The van der Waals surface area contributed by atoms with Gasteiger partial charge in [-0.2, -0.15) is 5.10 Å². The molecular formula is C16H16N4O. The number of hydrogen-bond acceptors (Lipinski definition) is 4. The number of aromatic amines is 1. The van der Waals surface area contributed by atoms with E-state index in [2.05, 4.69) is 22.1 Å². The van der Waals surface area contributed by atoms with Crippen molar-refractivity contribution in [3.8, 4) is 28.5 Å². The van der Waals surface area contributed by atoms with Gasteiger partial charge in [0, 0.05) is 11.1 Å². The zero-order valence-corrected chi connectivity index (χ0v) is 11.9. The van der Waals surface area contributed by atoms with Crippen LogP contribution in [0.2, 0.25) is 0 Å². The highest BCUT2D eigenvalue weighted by Gasteiger charge is 2.09. The first-order valence-electron chi connectivity index (χ1n) is 6.60. The monoisotopic (exact) mass is 280 g/mol. The number of nitrogens with zero attached hydrogens (tertiary/aromatic N) is 2. The number of rotatable bonds is 3. The summed E-state index contributed by atoms with van der Waals surface area (Å²) in [5.41, 5.74) is 9.54. The summed E-state index contributed by atoms with van der Waals surface area (Å²) >= 11 is 0. The van der Waals surface area contributed by atoms with Crippen molar-refractivity contribution >= 4 is 5.69 Å². The molecule has 0 spiro atoms. The standard InChI is InChI=1S/C16H16N4O/c1-10-3-5-11(6-4-10)15-18-16(20-19-15)12-7-8-14(21-2)13(17)9-12/h3-9H,17H2,1-2H3,(H,18,19,20). The molecule has 3 N–H and O–H groups in total. The minimum Gasteiger partial charge on any atom is -0.495 e. The van der Waals surface area contributed by atoms with E-state index in [0.29, 0.717) is 17.3 Å². The van der Waals surface area contributed by atoms with Gasteiger partial charge in [0.25, 0.3) is 0 Å². The van der Waals surface area contributed by atoms with Crippen LogP contribution in [0.15, 0.2) is 42.5 Å². The Balaban J connectivity index is 1.94. The molecule has 3 rings (SSSR count). The molecular weight excluding hydrogens is 264 g/mol. The maximum absolute atomic E-state index is 5.91. The number of methoxy groups -OCH3 is 1. The van der Waals surface area contributed by atoms with Crippen LogP contribution < -0.4 is 10.5 Å². The van der Waals surface area contributed by atoms with Gasteiger partial charge >= 0.3 is 0 Å². The minimum absolute atomic E-state index is 0.566. The van der Waals surface area contributed by atoms with E-state index in [1.165, 1.54) is 5.56 Å². The lowest BCUT2D eigenvalue weighted by atomic mass is 10.1. The fourth-order valence-electron chi connectivity index (χ4n) is 2.10. The fourth-order valence-corrected chi connectivity index (χ4v) is 2.10. The number of nitrogens with one attached hydrogen (secondary N) is 1. The Bertz CT molecular complexity index is 762. The molecule has 3 aromatic rings. The fraction of sp³-hybridized carbons (Fsp3) is 0.125. The third kappa shape index (κ3) is 2.58. The van der Waals surface area contributed by atoms with E-state index in [1.807, 2.05) is 36.4 Å². The smallest absolute Gasteiger partial charge is 0.181 e. The molecule has 1 heterocycles. The lowest BCUT2D eigenvalue weighted by Crippen LogP contribution is -1.93. The molecule has 0 fully saturated rings. The summed E-state index contributed by atoms with van der Waals surface area (Å²) in [5, 5.41) is 7.20. The molecule has 0 atom stereocenters. The number of nitrogens with two attached hydrogens (primary N) is 1. The van der Waals surface area contributed by atoms with Gasteiger partial charge in [-0.15, -0.1) is 0 Å². The summed E-state index contributed by atoms with van der Waals surface area (Å²) in [6, 6.07) is 13.6. The Kier molecular flexibility index (Phi) is 3.31. The van der Waals surface area contributed by atoms with Crippen LogP contribution in [-0.2, 0) is 0 Å². The van der Waals surface area contributed by atoms with Crippen LogP contribution in [0.1, 0.15) is 5.56 Å². The van der Waals surface area contributed by atoms with Gasteiger partial charge in [-0.3, -0.25) is 5.10 Å². The molecule has 0 saturated heterocycles. The van der Waals surface area contributed by atoms with Gasteiger partial charge in [0.05, 0.1) is 12.8 Å². The number of nitrogen functional groups attached to an aromatic ring is 1. The first kappa shape index (κ1) is 13.2. The average molecular weight is 280 g/mol. The number of ether oxygens (including phenoxy) is 1. The second kappa shape index (κ2) is 5.28. The Morgan fingerprint density at radius 1 is 1.05 bits per heavy atom. The third-order valence-corrected chi connectivity index (χ3v) is 3.30. The van der Waals surface area contributed by atoms with Gasteiger partial charge in [-0.1, -0.05) is 29.8 Å². The Morgan fingerprint density at radius 2 is 1.76 bits per heavy atom. The summed E-state index contributed by atoms with van der Waals surface area (Å²) in [6.45, 7) is 2.05. The number of anilines is 1. The molecule has 0 aliphatic heterocycles. The number of aromatic nitrogens is 3. The van der Waals surface area contributed by atoms with Gasteiger partial charge in [-0.25, -0.2) is 4.98 Å². The summed E-state index contributed by atoms with van der Waals surface area (Å²) in [5.74, 6) is 1.99. The highest BCUT2D eigenvalue weighted by Crippen LogP contribution is 2.27. The SMILES string of the molecule is COc1ccc(-c2n[nH]c(-c3ccc(C)cc3)n2)cc1N. The van der Waals surface area contributed by atoms with Crippen LogP contribution in [0.5, 0.6) is 5.75 Å². The van der Waals surface area contributed by atoms with Crippen LogP contribution in [0.4, 0.5) is 5.69 Å². The summed E-state index contributed by atoms with van der Waals surface area (Å²) in [6.07, 6.45) is 0. The van der Waals surface area contributed by atoms with Crippen molar-refractivity contribution in [2.45, 2.75) is 6.92 Å². The zero-order chi connectivity index (χ0) is 14.8. The lowest BCUT2D eigenvalue weighted by Gasteiger charge is -2.04. The number of hydrogen-bond donors (Lipinski definition) is 2. The van der Waals surface area contributed by atoms with E-state index in [1.54, 1.807) is 13.2 Å². The molecule has 5 heteroatoms. The average Bonchev–Trinajstić information content (AvgIpc) is 2.98. The number of benzene rings is 2. The molecule has 2 aromatic carbocycles. The van der Waals surface area contributed by atoms with E-state index in [4.69, 9.17) is 10.5 Å². The molecule has 0 aliphatic carbocycles. The molecule has 1 aromatic heterocycles. The molecule has 0 amide bonds. The highest BCUT2D eigenvalue weighted by molar-refractivity contribution is 5.67. The van der Waals surface area contributed by atoms with Gasteiger partial charge in [-0.05, 0) is 25.1 Å². The molecule has 5 nitrogen and oxygen atoms in total. The van der Waals surface area contributed by atoms with Crippen LogP contribution >= 0.6 is 0 Å². The molecule has 0 saturated carbocycles. The maximum atomic E-state index is 5.91. The summed E-state index contributed by atoms with van der Waals surface area (Å²) in [7, 11) is 1.59. The molecule has 106 valence electrons. The van der Waals surface area contributed by atoms with E-state index in [9.17, 15) is 0 Å². The summed E-state index contributed by atoms with van der Waals surface area (Å²) in [4.78, 5) is 4.51. The second-order valence-corrected chi connectivity index (χ2v) is 4.83. The Morgan fingerprint density at radius 3 is 2.43 bits per heavy atom. The van der Waals surface area contributed by atoms with Gasteiger partial charge in [0.2, 0.25) is 0 Å². The third-order valence-electron chi connectivity index (χ3n) is 3.30. The van der Waals surface area contributed by atoms with Crippen molar-refractivity contribution < 1.29 is 4.74 Å². The normalized spacial score (nSPS) is 10.6. The predicted octanol–water partition coefficient (Wildman–Crippen LogP) is 3.04. The molecule has 0 aliphatic rings. The number of H-pyrrole nitrogens is 1. The van der Waals surface area contributed by atoms with Crippen LogP contribution in [0.3, 0.4) is 0 Å². The van der Waals surface area contributed by atoms with E-state index in [-0.39, 0.29) is 0 Å². The van der Waals surface area contributed by atoms with Crippen molar-refractivity contribution in [1.82, 2.24) is 15.2 Å². The van der Waals surface area contributed by atoms with Gasteiger partial charge < -0.3 is 10.5 Å². The zero-order valence-electron chi connectivity index (χ0n) is 11.9. The van der Waals surface area contributed by atoms with Crippen LogP contribution in [0.25, 0.3) is 22.8 Å². The van der Waals surface area contributed by atoms with Crippen molar-refractivity contribution in [3.63, 3.8) is 0 Å². The van der Waals surface area contributed by atoms with Crippen LogP contribution in [0, 0.1) is 6.92 Å². The maximum Gasteiger partial charge on any atom is 0.181 e. The summed E-state index contributed by atoms with van der Waals surface area (Å²) < 4.78 is 5.15. The minimum atomic E-state index is 0.566. The quantitative estimate of drug-likeness (QED) is 0.723. The predicted molar refractivity (Wildman–Crippen MR) is 83.0 cm³/mol. The first-order chi connectivity index (χ1) is 10.2. The van der Waals surface area contributed by atoms with E-state index < -0.39 is 0 Å². The molecule has 0 radical (unpaired) electrons. The Hall–Kier alpha value is -2.82. The largest absolute Gasteiger partial charge is 0.495 e.